The molecule has 0 heterocycles. The molecule has 0 amide bonds. The first-order valence-corrected chi connectivity index (χ1v) is 7.47. The lowest BCUT2D eigenvalue weighted by molar-refractivity contribution is -0.141. The van der Waals surface area contributed by atoms with Crippen LogP contribution < -0.4 is 0 Å². The fraction of sp³-hybridized carbons (Fsp3) is 0.235. The molecule has 4 heteroatoms. The Labute approximate surface area is 131 Å². The molecule has 0 aliphatic rings. The van der Waals surface area contributed by atoms with Crippen molar-refractivity contribution in [2.24, 2.45) is 5.92 Å². The van der Waals surface area contributed by atoms with E-state index in [-0.39, 0.29) is 12.2 Å². The minimum atomic E-state index is -0.905. The van der Waals surface area contributed by atoms with E-state index >= 15 is 0 Å². The average molecular weight is 351 g/mol. The summed E-state index contributed by atoms with van der Waals surface area (Å²) in [7, 11) is 0. The molecule has 2 aromatic rings. The van der Waals surface area contributed by atoms with Crippen LogP contribution in [-0.2, 0) is 17.6 Å². The molecule has 0 radical (unpaired) electrons. The van der Waals surface area contributed by atoms with Crippen LogP contribution in [0.5, 0.6) is 0 Å². The second-order valence-corrected chi connectivity index (χ2v) is 6.08. The van der Waals surface area contributed by atoms with Crippen molar-refractivity contribution in [3.63, 3.8) is 0 Å². The smallest absolute Gasteiger partial charge is 0.307 e. The summed E-state index contributed by atoms with van der Waals surface area (Å²) < 4.78 is 14.5. The molecule has 2 aromatic carbocycles. The number of carbonyl (C=O) groups is 1. The van der Waals surface area contributed by atoms with Crippen LogP contribution in [0, 0.1) is 18.7 Å². The van der Waals surface area contributed by atoms with Crippen LogP contribution in [0.3, 0.4) is 0 Å². The third kappa shape index (κ3) is 4.39. The molecule has 0 aliphatic heterocycles. The van der Waals surface area contributed by atoms with Crippen molar-refractivity contribution >= 4 is 21.9 Å². The second kappa shape index (κ2) is 6.85. The van der Waals surface area contributed by atoms with Gasteiger partial charge in [-0.1, -0.05) is 51.8 Å². The first-order chi connectivity index (χ1) is 9.95. The van der Waals surface area contributed by atoms with Crippen molar-refractivity contribution in [2.45, 2.75) is 19.8 Å². The lowest BCUT2D eigenvalue weighted by Gasteiger charge is -2.13. The van der Waals surface area contributed by atoms with Crippen molar-refractivity contribution in [1.29, 1.82) is 0 Å². The molecule has 0 spiro atoms. The maximum Gasteiger partial charge on any atom is 0.307 e. The highest BCUT2D eigenvalue weighted by Crippen LogP contribution is 2.21. The van der Waals surface area contributed by atoms with Crippen molar-refractivity contribution in [1.82, 2.24) is 0 Å². The van der Waals surface area contributed by atoms with E-state index in [1.54, 1.807) is 12.1 Å². The summed E-state index contributed by atoms with van der Waals surface area (Å²) in [6, 6.07) is 12.5. The quantitative estimate of drug-likeness (QED) is 0.868. The Morgan fingerprint density at radius 2 is 1.86 bits per heavy atom. The summed E-state index contributed by atoms with van der Waals surface area (Å²) in [6.07, 6.45) is 0.577. The third-order valence-corrected chi connectivity index (χ3v) is 3.93. The van der Waals surface area contributed by atoms with Gasteiger partial charge in [0, 0.05) is 4.47 Å². The highest BCUT2D eigenvalue weighted by molar-refractivity contribution is 9.10. The van der Waals surface area contributed by atoms with Gasteiger partial charge >= 0.3 is 5.97 Å². The number of carboxylic acids is 1. The molecule has 1 N–H and O–H groups in total. The van der Waals surface area contributed by atoms with Crippen molar-refractivity contribution in [3.8, 4) is 0 Å². The van der Waals surface area contributed by atoms with E-state index in [9.17, 15) is 14.3 Å². The number of rotatable bonds is 5. The fourth-order valence-electron chi connectivity index (χ4n) is 2.21. The Bertz CT molecular complexity index is 638. The van der Waals surface area contributed by atoms with E-state index in [1.807, 2.05) is 31.2 Å². The zero-order valence-corrected chi connectivity index (χ0v) is 13.2. The number of hydrogen-bond acceptors (Lipinski definition) is 1. The minimum Gasteiger partial charge on any atom is -0.481 e. The summed E-state index contributed by atoms with van der Waals surface area (Å²) in [5.74, 6) is -1.92. The topological polar surface area (TPSA) is 37.3 Å². The normalized spacial score (nSPS) is 12.1. The summed E-state index contributed by atoms with van der Waals surface area (Å²) in [5, 5.41) is 9.36. The minimum absolute atomic E-state index is 0.183. The third-order valence-electron chi connectivity index (χ3n) is 3.43. The number of carboxylic acid groups (broad SMARTS) is 1. The van der Waals surface area contributed by atoms with E-state index in [1.165, 1.54) is 6.07 Å². The zero-order chi connectivity index (χ0) is 15.4. The van der Waals surface area contributed by atoms with Gasteiger partial charge in [-0.05, 0) is 43.0 Å². The van der Waals surface area contributed by atoms with Crippen LogP contribution in [0.1, 0.15) is 16.7 Å². The molecule has 0 saturated heterocycles. The van der Waals surface area contributed by atoms with Gasteiger partial charge in [0.1, 0.15) is 5.82 Å². The number of halogens is 2. The van der Waals surface area contributed by atoms with Gasteiger partial charge in [0.2, 0.25) is 0 Å². The summed E-state index contributed by atoms with van der Waals surface area (Å²) in [5.41, 5.74) is 2.51. The Balaban J connectivity index is 2.15. The van der Waals surface area contributed by atoms with Crippen LogP contribution in [0.4, 0.5) is 4.39 Å². The molecule has 0 aliphatic carbocycles. The van der Waals surface area contributed by atoms with E-state index in [0.717, 1.165) is 11.1 Å². The molecule has 0 aromatic heterocycles. The van der Waals surface area contributed by atoms with Crippen molar-refractivity contribution < 1.29 is 14.3 Å². The average Bonchev–Trinajstić information content (AvgIpc) is 2.43. The summed E-state index contributed by atoms with van der Waals surface area (Å²) in [4.78, 5) is 11.4. The van der Waals surface area contributed by atoms with Crippen LogP contribution in [0.2, 0.25) is 0 Å². The van der Waals surface area contributed by atoms with Crippen LogP contribution >= 0.6 is 15.9 Å². The molecule has 2 nitrogen and oxygen atoms in total. The predicted molar refractivity (Wildman–Crippen MR) is 83.8 cm³/mol. The van der Waals surface area contributed by atoms with Gasteiger partial charge in [-0.3, -0.25) is 4.79 Å². The Hall–Kier alpha value is -1.68. The summed E-state index contributed by atoms with van der Waals surface area (Å²) >= 11 is 3.20. The standard InChI is InChI=1S/C17H16BrFO2/c1-11-2-4-12(5-3-11)8-14(17(20)21)9-13-6-7-15(18)10-16(13)19/h2-7,10,14H,8-9H2,1H3,(H,20,21). The first kappa shape index (κ1) is 15.7. The lowest BCUT2D eigenvalue weighted by atomic mass is 9.92. The molecule has 1 unspecified atom stereocenters. The van der Waals surface area contributed by atoms with Crippen LogP contribution in [-0.4, -0.2) is 11.1 Å². The number of aryl methyl sites for hydroxylation is 1. The zero-order valence-electron chi connectivity index (χ0n) is 11.6. The monoisotopic (exact) mass is 350 g/mol. The van der Waals surface area contributed by atoms with Gasteiger partial charge in [-0.15, -0.1) is 0 Å². The number of aliphatic carboxylic acids is 1. The molecule has 1 atom stereocenters. The SMILES string of the molecule is Cc1ccc(CC(Cc2ccc(Br)cc2F)C(=O)O)cc1. The van der Waals surface area contributed by atoms with Gasteiger partial charge in [-0.25, -0.2) is 4.39 Å². The molecule has 2 rings (SSSR count). The highest BCUT2D eigenvalue weighted by Gasteiger charge is 2.20. The first-order valence-electron chi connectivity index (χ1n) is 6.68. The molecule has 0 saturated carbocycles. The maximum atomic E-state index is 13.8. The maximum absolute atomic E-state index is 13.8. The molecule has 0 fully saturated rings. The van der Waals surface area contributed by atoms with Gasteiger partial charge < -0.3 is 5.11 Å². The number of benzene rings is 2. The van der Waals surface area contributed by atoms with Gasteiger partial charge in [0.15, 0.2) is 0 Å². The molecule has 21 heavy (non-hydrogen) atoms. The Morgan fingerprint density at radius 1 is 1.19 bits per heavy atom. The lowest BCUT2D eigenvalue weighted by Crippen LogP contribution is -2.19. The van der Waals surface area contributed by atoms with E-state index in [4.69, 9.17) is 0 Å². The van der Waals surface area contributed by atoms with E-state index in [0.29, 0.717) is 16.5 Å². The fourth-order valence-corrected chi connectivity index (χ4v) is 2.54. The molecular formula is C17H16BrFO2. The summed E-state index contributed by atoms with van der Waals surface area (Å²) in [6.45, 7) is 1.98. The van der Waals surface area contributed by atoms with Crippen molar-refractivity contribution in [2.75, 3.05) is 0 Å². The van der Waals surface area contributed by atoms with Gasteiger partial charge in [0.05, 0.1) is 5.92 Å². The highest BCUT2D eigenvalue weighted by atomic mass is 79.9. The largest absolute Gasteiger partial charge is 0.481 e. The Kier molecular flexibility index (Phi) is 5.12. The van der Waals surface area contributed by atoms with Crippen LogP contribution in [0.25, 0.3) is 0 Å². The van der Waals surface area contributed by atoms with Crippen LogP contribution in [0.15, 0.2) is 46.9 Å². The molecule has 110 valence electrons. The Morgan fingerprint density at radius 3 is 2.43 bits per heavy atom. The van der Waals surface area contributed by atoms with E-state index in [2.05, 4.69) is 15.9 Å². The van der Waals surface area contributed by atoms with E-state index < -0.39 is 11.9 Å². The van der Waals surface area contributed by atoms with Crippen molar-refractivity contribution in [3.05, 3.63) is 69.4 Å². The predicted octanol–water partition coefficient (Wildman–Crippen LogP) is 4.38. The van der Waals surface area contributed by atoms with Gasteiger partial charge in [-0.2, -0.15) is 0 Å². The molecule has 0 bridgehead atoms. The number of hydrogen-bond donors (Lipinski definition) is 1. The second-order valence-electron chi connectivity index (χ2n) is 5.16. The molecular weight excluding hydrogens is 335 g/mol. The van der Waals surface area contributed by atoms with Gasteiger partial charge in [0.25, 0.3) is 0 Å².